The van der Waals surface area contributed by atoms with Crippen LogP contribution in [0.4, 0.5) is 16.3 Å². The molecule has 3 aromatic carbocycles. The summed E-state index contributed by atoms with van der Waals surface area (Å²) in [6.45, 7) is 0.939. The third kappa shape index (κ3) is 5.78. The molecule has 3 N–H and O–H groups in total. The number of nitrogens with zero attached hydrogens (tertiary/aromatic N) is 4. The minimum atomic E-state index is -0.318. The molecule has 0 radical (unpaired) electrons. The van der Waals surface area contributed by atoms with Crippen LogP contribution in [-0.4, -0.2) is 20.6 Å². The lowest BCUT2D eigenvalue weighted by Crippen LogP contribution is -2.28. The molecule has 188 valence electrons. The summed E-state index contributed by atoms with van der Waals surface area (Å²) < 4.78 is 2.53. The topological polar surface area (TPSA) is 107 Å². The van der Waals surface area contributed by atoms with E-state index in [0.717, 1.165) is 32.7 Å². The summed E-state index contributed by atoms with van der Waals surface area (Å²) in [6.07, 6.45) is 1.71. The molecule has 0 unspecified atom stereocenters. The van der Waals surface area contributed by atoms with Gasteiger partial charge in [-0.3, -0.25) is 0 Å². The number of fused-ring (bicyclic) bond motifs is 1. The van der Waals surface area contributed by atoms with Crippen LogP contribution in [0.15, 0.2) is 89.5 Å². The van der Waals surface area contributed by atoms with Crippen LogP contribution in [-0.2, 0) is 13.1 Å². The fourth-order valence-electron chi connectivity index (χ4n) is 3.82. The van der Waals surface area contributed by atoms with Gasteiger partial charge in [-0.15, -0.1) is 0 Å². The molecular formula is C28H21BrClN7O. The number of carbonyl (C=O) groups is 1. The van der Waals surface area contributed by atoms with Gasteiger partial charge in [-0.1, -0.05) is 54.1 Å². The molecule has 0 aliphatic carbocycles. The predicted octanol–water partition coefficient (Wildman–Crippen LogP) is 6.62. The van der Waals surface area contributed by atoms with Gasteiger partial charge < -0.3 is 16.0 Å². The Morgan fingerprint density at radius 3 is 2.42 bits per heavy atom. The molecule has 2 heterocycles. The number of carbonyl (C=O) groups excluding carboxylic acids is 1. The molecular weight excluding hydrogens is 566 g/mol. The average Bonchev–Trinajstić information content (AvgIpc) is 3.32. The second-order valence-corrected chi connectivity index (χ2v) is 9.66. The maximum atomic E-state index is 12.2. The van der Waals surface area contributed by atoms with Gasteiger partial charge in [0.05, 0.1) is 28.0 Å². The fourth-order valence-corrected chi connectivity index (χ4v) is 4.40. The number of aromatic nitrogens is 3. The number of hydrogen-bond donors (Lipinski definition) is 3. The zero-order chi connectivity index (χ0) is 26.5. The average molecular weight is 587 g/mol. The normalized spacial score (nSPS) is 10.7. The first-order valence-electron chi connectivity index (χ1n) is 11.7. The van der Waals surface area contributed by atoms with Gasteiger partial charge in [-0.25, -0.2) is 9.78 Å². The van der Waals surface area contributed by atoms with E-state index in [1.807, 2.05) is 54.6 Å². The van der Waals surface area contributed by atoms with Gasteiger partial charge in [-0.05, 0) is 57.4 Å². The van der Waals surface area contributed by atoms with E-state index >= 15 is 0 Å². The van der Waals surface area contributed by atoms with Crippen LogP contribution in [0.1, 0.15) is 16.7 Å². The van der Waals surface area contributed by atoms with E-state index in [-0.39, 0.29) is 6.03 Å². The van der Waals surface area contributed by atoms with Crippen LogP contribution in [0.25, 0.3) is 16.9 Å². The largest absolute Gasteiger partial charge is 0.366 e. The summed E-state index contributed by atoms with van der Waals surface area (Å²) in [7, 11) is 0. The Bertz CT molecular complexity index is 1640. The lowest BCUT2D eigenvalue weighted by Gasteiger charge is -2.12. The van der Waals surface area contributed by atoms with Crippen molar-refractivity contribution < 1.29 is 4.79 Å². The Labute approximate surface area is 232 Å². The number of amides is 2. The van der Waals surface area contributed by atoms with Crippen LogP contribution in [0.3, 0.4) is 0 Å². The molecule has 0 aliphatic rings. The van der Waals surface area contributed by atoms with E-state index in [4.69, 9.17) is 21.8 Å². The van der Waals surface area contributed by atoms with Crippen LogP contribution in [0.5, 0.6) is 0 Å². The second kappa shape index (κ2) is 11.3. The number of hydrogen-bond acceptors (Lipinski definition) is 5. The highest BCUT2D eigenvalue weighted by molar-refractivity contribution is 9.10. The van der Waals surface area contributed by atoms with E-state index in [1.54, 1.807) is 35.0 Å². The van der Waals surface area contributed by atoms with Crippen LogP contribution in [0.2, 0.25) is 5.02 Å². The lowest BCUT2D eigenvalue weighted by atomic mass is 10.1. The van der Waals surface area contributed by atoms with Gasteiger partial charge in [0.1, 0.15) is 5.82 Å². The van der Waals surface area contributed by atoms with E-state index in [1.165, 1.54) is 0 Å². The van der Waals surface area contributed by atoms with Crippen molar-refractivity contribution in [2.45, 2.75) is 13.1 Å². The van der Waals surface area contributed by atoms with Gasteiger partial charge in [0.2, 0.25) is 0 Å². The van der Waals surface area contributed by atoms with Gasteiger partial charge in [0, 0.05) is 35.4 Å². The molecule has 0 bridgehead atoms. The molecule has 0 fully saturated rings. The highest BCUT2D eigenvalue weighted by atomic mass is 79.9. The first-order valence-corrected chi connectivity index (χ1v) is 12.8. The van der Waals surface area contributed by atoms with Gasteiger partial charge in [0.25, 0.3) is 0 Å². The molecule has 0 saturated heterocycles. The van der Waals surface area contributed by atoms with Crippen molar-refractivity contribution in [2.24, 2.45) is 0 Å². The van der Waals surface area contributed by atoms with Crippen molar-refractivity contribution in [2.75, 3.05) is 10.6 Å². The summed E-state index contributed by atoms with van der Waals surface area (Å²) in [5.41, 5.74) is 5.46. The molecule has 5 aromatic rings. The Morgan fingerprint density at radius 2 is 1.71 bits per heavy atom. The van der Waals surface area contributed by atoms with Crippen molar-refractivity contribution >= 4 is 50.7 Å². The number of rotatable bonds is 7. The Balaban J connectivity index is 1.22. The summed E-state index contributed by atoms with van der Waals surface area (Å²) in [6, 6.07) is 25.9. The van der Waals surface area contributed by atoms with E-state index in [0.29, 0.717) is 35.0 Å². The molecule has 2 aromatic heterocycles. The third-order valence-electron chi connectivity index (χ3n) is 5.80. The maximum absolute atomic E-state index is 12.2. The number of halogens is 2. The summed E-state index contributed by atoms with van der Waals surface area (Å²) >= 11 is 9.95. The molecule has 38 heavy (non-hydrogen) atoms. The minimum absolute atomic E-state index is 0.318. The van der Waals surface area contributed by atoms with Crippen LogP contribution >= 0.6 is 27.5 Å². The zero-order valence-corrected chi connectivity index (χ0v) is 22.3. The van der Waals surface area contributed by atoms with E-state index in [9.17, 15) is 4.79 Å². The molecule has 10 heteroatoms. The molecule has 0 spiro atoms. The summed E-state index contributed by atoms with van der Waals surface area (Å²) in [5.74, 6) is 0.779. The fraction of sp³-hybridized carbons (Fsp3) is 0.0714. The standard InChI is InChI=1S/C28H21BrClN7O/c29-23-17-34-37-26(13-25(36-27(23)37)22-3-1-2-4-24(22)30)32-15-19-5-7-20(8-6-19)16-33-28(38)35-21-11-9-18(14-31)10-12-21/h1-13,17,32H,15-16H2,(H2,33,35,38). The van der Waals surface area contributed by atoms with Crippen molar-refractivity contribution in [3.8, 4) is 17.3 Å². The number of urea groups is 1. The van der Waals surface area contributed by atoms with E-state index < -0.39 is 0 Å². The van der Waals surface area contributed by atoms with Crippen molar-refractivity contribution in [1.82, 2.24) is 19.9 Å². The van der Waals surface area contributed by atoms with E-state index in [2.05, 4.69) is 43.0 Å². The predicted molar refractivity (Wildman–Crippen MR) is 152 cm³/mol. The van der Waals surface area contributed by atoms with Gasteiger partial charge in [-0.2, -0.15) is 14.9 Å². The first-order chi connectivity index (χ1) is 18.5. The number of anilines is 2. The van der Waals surface area contributed by atoms with Crippen molar-refractivity contribution in [1.29, 1.82) is 5.26 Å². The number of nitriles is 1. The van der Waals surface area contributed by atoms with Crippen molar-refractivity contribution in [3.05, 3.63) is 111 Å². The third-order valence-corrected chi connectivity index (χ3v) is 6.69. The van der Waals surface area contributed by atoms with Crippen LogP contribution in [0, 0.1) is 11.3 Å². The number of nitrogens with one attached hydrogen (secondary N) is 3. The molecule has 5 rings (SSSR count). The molecule has 0 saturated carbocycles. The maximum Gasteiger partial charge on any atom is 0.319 e. The Kier molecular flexibility index (Phi) is 7.54. The summed E-state index contributed by atoms with van der Waals surface area (Å²) in [4.78, 5) is 16.9. The highest BCUT2D eigenvalue weighted by Gasteiger charge is 2.13. The minimum Gasteiger partial charge on any atom is -0.366 e. The summed E-state index contributed by atoms with van der Waals surface area (Å²) in [5, 5.41) is 23.0. The molecule has 2 amide bonds. The molecule has 8 nitrogen and oxygen atoms in total. The Morgan fingerprint density at radius 1 is 1.00 bits per heavy atom. The quantitative estimate of drug-likeness (QED) is 0.199. The SMILES string of the molecule is N#Cc1ccc(NC(=O)NCc2ccc(CNc3cc(-c4ccccc4Cl)nc4c(Br)cnn34)cc2)cc1. The molecule has 0 aliphatic heterocycles. The monoisotopic (exact) mass is 585 g/mol. The van der Waals surface area contributed by atoms with Crippen molar-refractivity contribution in [3.63, 3.8) is 0 Å². The Hall–Kier alpha value is -4.39. The lowest BCUT2D eigenvalue weighted by molar-refractivity contribution is 0.251. The highest BCUT2D eigenvalue weighted by Crippen LogP contribution is 2.30. The van der Waals surface area contributed by atoms with Gasteiger partial charge >= 0.3 is 6.03 Å². The van der Waals surface area contributed by atoms with Gasteiger partial charge in [0.15, 0.2) is 5.65 Å². The molecule has 0 atom stereocenters. The smallest absolute Gasteiger partial charge is 0.319 e. The number of benzene rings is 3. The van der Waals surface area contributed by atoms with Crippen LogP contribution < -0.4 is 16.0 Å². The second-order valence-electron chi connectivity index (χ2n) is 8.40. The zero-order valence-electron chi connectivity index (χ0n) is 20.0. The first kappa shape index (κ1) is 25.3.